The third kappa shape index (κ3) is 5.44. The number of hydrogen-bond donors (Lipinski definition) is 1. The van der Waals surface area contributed by atoms with E-state index in [1.54, 1.807) is 36.4 Å². The molecule has 0 spiro atoms. The zero-order valence-electron chi connectivity index (χ0n) is 22.6. The van der Waals surface area contributed by atoms with Crippen LogP contribution < -0.4 is 4.74 Å². The van der Waals surface area contributed by atoms with Crippen LogP contribution in [-0.4, -0.2) is 25.8 Å². The molecule has 7 nitrogen and oxygen atoms in total. The van der Waals surface area contributed by atoms with Crippen molar-refractivity contribution < 1.29 is 19.2 Å². The van der Waals surface area contributed by atoms with Crippen LogP contribution in [-0.2, 0) is 13.2 Å². The van der Waals surface area contributed by atoms with E-state index in [4.69, 9.17) is 37.4 Å². The summed E-state index contributed by atoms with van der Waals surface area (Å²) in [6.07, 6.45) is 0. The average molecular weight is 578 g/mol. The van der Waals surface area contributed by atoms with Crippen molar-refractivity contribution in [2.24, 2.45) is 5.92 Å². The Hall–Kier alpha value is -3.81. The average Bonchev–Trinajstić information content (AvgIpc) is 3.49. The summed E-state index contributed by atoms with van der Waals surface area (Å²) in [5.41, 5.74) is 4.66. The molecule has 0 saturated heterocycles. The topological polar surface area (TPSA) is 90.4 Å². The predicted molar refractivity (Wildman–Crippen MR) is 157 cm³/mol. The van der Waals surface area contributed by atoms with Gasteiger partial charge in [-0.1, -0.05) is 62.1 Å². The van der Waals surface area contributed by atoms with Crippen molar-refractivity contribution >= 4 is 40.2 Å². The lowest BCUT2D eigenvalue weighted by Crippen LogP contribution is -2.07. The fourth-order valence-corrected chi connectivity index (χ4v) is 5.29. The number of halogens is 2. The van der Waals surface area contributed by atoms with Crippen molar-refractivity contribution in [1.82, 2.24) is 14.7 Å². The van der Waals surface area contributed by atoms with Gasteiger partial charge in [0.05, 0.1) is 32.2 Å². The summed E-state index contributed by atoms with van der Waals surface area (Å²) in [5.74, 6) is 1.61. The van der Waals surface area contributed by atoms with Gasteiger partial charge in [0.1, 0.15) is 29.6 Å². The molecule has 0 fully saturated rings. The van der Waals surface area contributed by atoms with E-state index in [-0.39, 0.29) is 18.1 Å². The van der Waals surface area contributed by atoms with Gasteiger partial charge in [0, 0.05) is 23.6 Å². The number of ether oxygens (including phenoxy) is 1. The molecule has 0 unspecified atom stereocenters. The molecule has 0 aliphatic rings. The minimum Gasteiger partial charge on any atom is -0.489 e. The fourth-order valence-electron chi connectivity index (χ4n) is 4.72. The van der Waals surface area contributed by atoms with Crippen LogP contribution in [0.3, 0.4) is 0 Å². The van der Waals surface area contributed by atoms with Gasteiger partial charge in [-0.25, -0.2) is 9.78 Å². The summed E-state index contributed by atoms with van der Waals surface area (Å²) in [6.45, 7) is 9.21. The number of aromatic nitrogens is 3. The molecule has 206 valence electrons. The molecule has 2 aromatic heterocycles. The van der Waals surface area contributed by atoms with Crippen LogP contribution in [0.2, 0.25) is 10.0 Å². The van der Waals surface area contributed by atoms with E-state index in [0.717, 1.165) is 28.0 Å². The van der Waals surface area contributed by atoms with E-state index in [1.807, 2.05) is 38.1 Å². The Balaban J connectivity index is 1.45. The van der Waals surface area contributed by atoms with Gasteiger partial charge < -0.3 is 18.9 Å². The maximum atomic E-state index is 11.6. The van der Waals surface area contributed by atoms with E-state index < -0.39 is 5.97 Å². The van der Waals surface area contributed by atoms with Crippen LogP contribution in [0.25, 0.3) is 33.7 Å². The van der Waals surface area contributed by atoms with E-state index in [0.29, 0.717) is 45.3 Å². The molecule has 2 heterocycles. The van der Waals surface area contributed by atoms with E-state index in [9.17, 15) is 9.90 Å². The summed E-state index contributed by atoms with van der Waals surface area (Å²) < 4.78 is 14.0. The van der Waals surface area contributed by atoms with Crippen LogP contribution in [0.4, 0.5) is 0 Å². The zero-order chi connectivity index (χ0) is 28.6. The third-order valence-electron chi connectivity index (χ3n) is 6.58. The highest BCUT2D eigenvalue weighted by atomic mass is 35.5. The first-order valence-corrected chi connectivity index (χ1v) is 13.8. The number of imidazole rings is 1. The highest BCUT2D eigenvalue weighted by molar-refractivity contribution is 6.39. The first kappa shape index (κ1) is 27.7. The Labute approximate surface area is 242 Å². The molecule has 0 saturated carbocycles. The molecule has 9 heteroatoms. The van der Waals surface area contributed by atoms with Gasteiger partial charge >= 0.3 is 5.97 Å². The van der Waals surface area contributed by atoms with Gasteiger partial charge in [-0.2, -0.15) is 0 Å². The summed E-state index contributed by atoms with van der Waals surface area (Å²) in [7, 11) is 0. The molecule has 0 amide bonds. The molecule has 0 aliphatic heterocycles. The lowest BCUT2D eigenvalue weighted by Gasteiger charge is -2.13. The van der Waals surface area contributed by atoms with Crippen LogP contribution in [0, 0.1) is 5.92 Å². The van der Waals surface area contributed by atoms with Gasteiger partial charge in [-0.15, -0.1) is 0 Å². The number of carboxylic acid groups (broad SMARTS) is 1. The molecular weight excluding hydrogens is 549 g/mol. The second-order valence-corrected chi connectivity index (χ2v) is 11.2. The monoisotopic (exact) mass is 577 g/mol. The smallest absolute Gasteiger partial charge is 0.335 e. The van der Waals surface area contributed by atoms with Crippen molar-refractivity contribution in [2.75, 3.05) is 0 Å². The second kappa shape index (κ2) is 11.4. The summed E-state index contributed by atoms with van der Waals surface area (Å²) >= 11 is 12.9. The van der Waals surface area contributed by atoms with E-state index in [1.165, 1.54) is 0 Å². The molecule has 5 aromatic rings. The third-order valence-corrected chi connectivity index (χ3v) is 7.21. The molecule has 0 bridgehead atoms. The Morgan fingerprint density at radius 3 is 2.35 bits per heavy atom. The normalized spacial score (nSPS) is 11.6. The number of carbonyl (C=O) groups is 1. The maximum absolute atomic E-state index is 11.6. The molecule has 0 radical (unpaired) electrons. The van der Waals surface area contributed by atoms with E-state index >= 15 is 0 Å². The largest absolute Gasteiger partial charge is 0.489 e. The molecule has 1 N–H and O–H groups in total. The molecule has 5 rings (SSSR count). The number of benzene rings is 3. The van der Waals surface area contributed by atoms with Gasteiger partial charge in [0.25, 0.3) is 0 Å². The van der Waals surface area contributed by atoms with Crippen LogP contribution in [0.15, 0.2) is 65.2 Å². The number of nitrogens with zero attached hydrogens (tertiary/aromatic N) is 3. The molecular formula is C31H29Cl2N3O4. The summed E-state index contributed by atoms with van der Waals surface area (Å²) in [6, 6.07) is 18.0. The summed E-state index contributed by atoms with van der Waals surface area (Å²) in [4.78, 5) is 16.4. The molecule has 0 aliphatic carbocycles. The highest BCUT2D eigenvalue weighted by Crippen LogP contribution is 2.39. The predicted octanol–water partition coefficient (Wildman–Crippen LogP) is 8.72. The van der Waals surface area contributed by atoms with Crippen molar-refractivity contribution in [3.8, 4) is 28.4 Å². The van der Waals surface area contributed by atoms with Crippen LogP contribution in [0.1, 0.15) is 55.3 Å². The number of fused-ring (bicyclic) bond motifs is 1. The standard InChI is InChI=1S/C31H29Cl2N3O4/c1-17(2)15-36-26-14-20(31(37)38)10-13-25(26)34-30(36)19-8-11-21(12-9-19)39-16-22-28(35-40-29(22)18(3)4)27-23(32)6-5-7-24(27)33/h5-14,17-18H,15-16H2,1-4H3,(H,37,38). The van der Waals surface area contributed by atoms with Crippen molar-refractivity contribution in [3.05, 3.63) is 87.6 Å². The number of carboxylic acids is 1. The fraction of sp³-hybridized carbons (Fsp3) is 0.258. The number of aromatic carboxylic acids is 1. The quantitative estimate of drug-likeness (QED) is 0.188. The van der Waals surface area contributed by atoms with Crippen molar-refractivity contribution in [1.29, 1.82) is 0 Å². The Bertz CT molecular complexity index is 1670. The molecule has 0 atom stereocenters. The van der Waals surface area contributed by atoms with Crippen molar-refractivity contribution in [3.63, 3.8) is 0 Å². The number of rotatable bonds is 9. The van der Waals surface area contributed by atoms with Crippen molar-refractivity contribution in [2.45, 2.75) is 46.8 Å². The SMILES string of the molecule is CC(C)Cn1c(-c2ccc(OCc3c(-c4c(Cl)cccc4Cl)noc3C(C)C)cc2)nc2ccc(C(=O)O)cc21. The zero-order valence-corrected chi connectivity index (χ0v) is 24.1. The van der Waals surface area contributed by atoms with E-state index in [2.05, 4.69) is 23.6 Å². The Kier molecular flexibility index (Phi) is 7.88. The Morgan fingerprint density at radius 2 is 1.73 bits per heavy atom. The second-order valence-electron chi connectivity index (χ2n) is 10.4. The summed E-state index contributed by atoms with van der Waals surface area (Å²) in [5, 5.41) is 14.8. The van der Waals surface area contributed by atoms with Gasteiger partial charge in [0.15, 0.2) is 0 Å². The Morgan fingerprint density at radius 1 is 1.02 bits per heavy atom. The first-order valence-electron chi connectivity index (χ1n) is 13.0. The minimum absolute atomic E-state index is 0.0825. The molecule has 3 aromatic carbocycles. The van der Waals surface area contributed by atoms with Gasteiger partial charge in [0.2, 0.25) is 0 Å². The van der Waals surface area contributed by atoms with Gasteiger partial charge in [-0.3, -0.25) is 0 Å². The lowest BCUT2D eigenvalue weighted by molar-refractivity contribution is 0.0697. The molecule has 40 heavy (non-hydrogen) atoms. The maximum Gasteiger partial charge on any atom is 0.335 e. The number of hydrogen-bond acceptors (Lipinski definition) is 5. The lowest BCUT2D eigenvalue weighted by atomic mass is 10.0. The van der Waals surface area contributed by atoms with Crippen LogP contribution >= 0.6 is 23.2 Å². The van der Waals surface area contributed by atoms with Gasteiger partial charge in [-0.05, 0) is 60.5 Å². The minimum atomic E-state index is -0.962. The van der Waals surface area contributed by atoms with Crippen LogP contribution in [0.5, 0.6) is 5.75 Å². The highest BCUT2D eigenvalue weighted by Gasteiger charge is 2.24. The first-order chi connectivity index (χ1) is 19.1.